The second kappa shape index (κ2) is 6.08. The number of hydrogen-bond donors (Lipinski definition) is 1. The first-order chi connectivity index (χ1) is 4.81. The number of carbonyl (C=O) groups is 1. The first-order valence-electron chi connectivity index (χ1n) is 3.27. The van der Waals surface area contributed by atoms with Crippen LogP contribution < -0.4 is 5.32 Å². The summed E-state index contributed by atoms with van der Waals surface area (Å²) in [4.78, 5) is 9.76. The molecule has 0 aliphatic rings. The lowest BCUT2D eigenvalue weighted by Gasteiger charge is -1.89. The summed E-state index contributed by atoms with van der Waals surface area (Å²) in [5.74, 6) is 0. The average molecular weight is 139 g/mol. The fourth-order valence-electron chi connectivity index (χ4n) is 0.457. The van der Waals surface area contributed by atoms with Gasteiger partial charge in [0.25, 0.3) is 0 Å². The summed E-state index contributed by atoms with van der Waals surface area (Å²) in [6.45, 7) is 4.60. The molecule has 0 saturated carbocycles. The molecule has 0 unspecified atom stereocenters. The van der Waals surface area contributed by atoms with Crippen LogP contribution in [0.1, 0.15) is 13.8 Å². The molecule has 0 fully saturated rings. The van der Waals surface area contributed by atoms with Gasteiger partial charge in [-0.2, -0.15) is 0 Å². The lowest BCUT2D eigenvalue weighted by molar-refractivity contribution is -0.109. The van der Waals surface area contributed by atoms with Gasteiger partial charge in [-0.05, 0) is 13.8 Å². The van der Waals surface area contributed by atoms with E-state index in [1.807, 2.05) is 32.1 Å². The third kappa shape index (κ3) is 5.09. The molecule has 0 aliphatic carbocycles. The predicted octanol–water partition coefficient (Wildman–Crippen LogP) is 1.25. The second-order valence-corrected chi connectivity index (χ2v) is 1.96. The summed E-state index contributed by atoms with van der Waals surface area (Å²) in [5, 5.41) is 2.53. The van der Waals surface area contributed by atoms with E-state index < -0.39 is 0 Å². The van der Waals surface area contributed by atoms with E-state index in [0.717, 1.165) is 0 Å². The Morgan fingerprint density at radius 2 is 2.30 bits per heavy atom. The highest BCUT2D eigenvalue weighted by Crippen LogP contribution is 1.91. The van der Waals surface area contributed by atoms with Crippen LogP contribution in [-0.2, 0) is 4.79 Å². The van der Waals surface area contributed by atoms with Gasteiger partial charge in [-0.3, -0.25) is 4.79 Å². The van der Waals surface area contributed by atoms with Crippen molar-refractivity contribution < 1.29 is 4.79 Å². The predicted molar refractivity (Wildman–Crippen MR) is 42.6 cm³/mol. The molecule has 0 aromatic carbocycles. The van der Waals surface area contributed by atoms with Gasteiger partial charge >= 0.3 is 0 Å². The zero-order valence-corrected chi connectivity index (χ0v) is 6.42. The highest BCUT2D eigenvalue weighted by molar-refractivity contribution is 5.46. The van der Waals surface area contributed by atoms with Crippen molar-refractivity contribution in [3.63, 3.8) is 0 Å². The van der Waals surface area contributed by atoms with Crippen molar-refractivity contribution in [2.24, 2.45) is 0 Å². The van der Waals surface area contributed by atoms with E-state index in [1.165, 1.54) is 5.57 Å². The number of rotatable bonds is 4. The Balaban J connectivity index is 3.45. The van der Waals surface area contributed by atoms with Crippen LogP contribution >= 0.6 is 0 Å². The lowest BCUT2D eigenvalue weighted by atomic mass is 10.3. The summed E-state index contributed by atoms with van der Waals surface area (Å²) in [5.41, 5.74) is 1.20. The Bertz CT molecular complexity index is 147. The Labute approximate surface area is 61.6 Å². The van der Waals surface area contributed by atoms with Gasteiger partial charge in [0.15, 0.2) is 0 Å². The third-order valence-electron chi connectivity index (χ3n) is 1.16. The highest BCUT2D eigenvalue weighted by Gasteiger charge is 1.76. The smallest absolute Gasteiger partial charge is 0.207 e. The van der Waals surface area contributed by atoms with Gasteiger partial charge in [0.2, 0.25) is 6.41 Å². The van der Waals surface area contributed by atoms with E-state index in [1.54, 1.807) is 0 Å². The largest absolute Gasteiger partial charge is 0.355 e. The van der Waals surface area contributed by atoms with Crippen molar-refractivity contribution in [3.8, 4) is 0 Å². The summed E-state index contributed by atoms with van der Waals surface area (Å²) < 4.78 is 0. The Morgan fingerprint density at radius 1 is 1.60 bits per heavy atom. The minimum absolute atomic E-state index is 0.606. The van der Waals surface area contributed by atoms with E-state index in [4.69, 9.17) is 0 Å². The van der Waals surface area contributed by atoms with Crippen molar-refractivity contribution >= 4 is 6.41 Å². The fraction of sp³-hybridized carbons (Fsp3) is 0.375. The molecule has 0 radical (unpaired) electrons. The molecule has 0 heterocycles. The molecule has 2 heteroatoms. The number of carbonyl (C=O) groups excluding carboxylic acids is 1. The average Bonchev–Trinajstić information content (AvgIpc) is 1.98. The molecule has 0 bridgehead atoms. The fourth-order valence-corrected chi connectivity index (χ4v) is 0.457. The van der Waals surface area contributed by atoms with Crippen LogP contribution in [0.15, 0.2) is 23.8 Å². The molecule has 56 valence electrons. The monoisotopic (exact) mass is 139 g/mol. The second-order valence-electron chi connectivity index (χ2n) is 1.96. The molecule has 0 aliphatic heterocycles. The Morgan fingerprint density at radius 3 is 2.80 bits per heavy atom. The molecule has 1 N–H and O–H groups in total. The first kappa shape index (κ1) is 8.95. The number of amides is 1. The molecular formula is C8H13NO. The molecule has 0 saturated heterocycles. The van der Waals surface area contributed by atoms with Crippen molar-refractivity contribution in [3.05, 3.63) is 23.8 Å². The van der Waals surface area contributed by atoms with Crippen LogP contribution in [0.25, 0.3) is 0 Å². The van der Waals surface area contributed by atoms with Gasteiger partial charge < -0.3 is 5.32 Å². The summed E-state index contributed by atoms with van der Waals surface area (Å²) in [6.07, 6.45) is 6.58. The van der Waals surface area contributed by atoms with E-state index in [-0.39, 0.29) is 0 Å². The minimum Gasteiger partial charge on any atom is -0.355 e. The summed E-state index contributed by atoms with van der Waals surface area (Å²) >= 11 is 0. The zero-order chi connectivity index (χ0) is 7.82. The molecule has 2 nitrogen and oxygen atoms in total. The molecule has 0 rings (SSSR count). The maximum Gasteiger partial charge on any atom is 0.207 e. The van der Waals surface area contributed by atoms with Crippen molar-refractivity contribution in [1.29, 1.82) is 0 Å². The molecule has 10 heavy (non-hydrogen) atoms. The van der Waals surface area contributed by atoms with E-state index in [9.17, 15) is 4.79 Å². The van der Waals surface area contributed by atoms with Crippen molar-refractivity contribution in [1.82, 2.24) is 5.32 Å². The molecular weight excluding hydrogens is 126 g/mol. The molecule has 0 aromatic rings. The van der Waals surface area contributed by atoms with E-state index >= 15 is 0 Å². The van der Waals surface area contributed by atoms with E-state index in [0.29, 0.717) is 13.0 Å². The van der Waals surface area contributed by atoms with Gasteiger partial charge in [-0.1, -0.05) is 23.8 Å². The van der Waals surface area contributed by atoms with Gasteiger partial charge in [0, 0.05) is 6.54 Å². The third-order valence-corrected chi connectivity index (χ3v) is 1.16. The zero-order valence-electron chi connectivity index (χ0n) is 6.42. The van der Waals surface area contributed by atoms with E-state index in [2.05, 4.69) is 5.32 Å². The van der Waals surface area contributed by atoms with Gasteiger partial charge in [0.05, 0.1) is 0 Å². The quantitative estimate of drug-likeness (QED) is 0.354. The summed E-state index contributed by atoms with van der Waals surface area (Å²) in [6, 6.07) is 0. The topological polar surface area (TPSA) is 29.1 Å². The summed E-state index contributed by atoms with van der Waals surface area (Å²) in [7, 11) is 0. The van der Waals surface area contributed by atoms with Crippen molar-refractivity contribution in [2.75, 3.05) is 6.54 Å². The minimum atomic E-state index is 0.606. The Hall–Kier alpha value is -1.05. The first-order valence-corrected chi connectivity index (χ1v) is 3.27. The van der Waals surface area contributed by atoms with Crippen LogP contribution in [0.5, 0.6) is 0 Å². The maximum absolute atomic E-state index is 9.76. The maximum atomic E-state index is 9.76. The van der Waals surface area contributed by atoms with Gasteiger partial charge in [-0.25, -0.2) is 0 Å². The van der Waals surface area contributed by atoms with Gasteiger partial charge in [0.1, 0.15) is 0 Å². The molecule has 0 aromatic heterocycles. The number of nitrogens with one attached hydrogen (secondary N) is 1. The molecule has 0 atom stereocenters. The van der Waals surface area contributed by atoms with Gasteiger partial charge in [-0.15, -0.1) is 0 Å². The normalized spacial score (nSPS) is 12.0. The Kier molecular flexibility index (Phi) is 5.44. The standard InChI is InChI=1S/C8H13NO/c1-3-8(2)5-4-6-9-7-10/h3-5,7H,6H2,1-2H3,(H,9,10)/b5-4-,8-3-. The van der Waals surface area contributed by atoms with Crippen LogP contribution in [0.2, 0.25) is 0 Å². The van der Waals surface area contributed by atoms with Crippen LogP contribution in [0.3, 0.4) is 0 Å². The highest BCUT2D eigenvalue weighted by atomic mass is 16.1. The van der Waals surface area contributed by atoms with Crippen LogP contribution in [-0.4, -0.2) is 13.0 Å². The molecule has 0 spiro atoms. The number of hydrogen-bond acceptors (Lipinski definition) is 1. The van der Waals surface area contributed by atoms with Crippen molar-refractivity contribution in [2.45, 2.75) is 13.8 Å². The SMILES string of the molecule is C/C=C(C)\C=C/CNC=O. The number of allylic oxidation sites excluding steroid dienone is 3. The van der Waals surface area contributed by atoms with Crippen LogP contribution in [0.4, 0.5) is 0 Å². The molecule has 1 amide bonds. The lowest BCUT2D eigenvalue weighted by Crippen LogP contribution is -2.09. The van der Waals surface area contributed by atoms with Crippen LogP contribution in [0, 0.1) is 0 Å².